The largest absolute Gasteiger partial charge is 0.452 e. The van der Waals surface area contributed by atoms with E-state index in [9.17, 15) is 14.0 Å². The number of ether oxygens (including phenoxy) is 1. The van der Waals surface area contributed by atoms with Gasteiger partial charge >= 0.3 is 5.97 Å². The quantitative estimate of drug-likeness (QED) is 0.708. The molecule has 1 atom stereocenters. The first-order valence-corrected chi connectivity index (χ1v) is 8.70. The van der Waals surface area contributed by atoms with Gasteiger partial charge in [0.1, 0.15) is 5.82 Å². The van der Waals surface area contributed by atoms with Gasteiger partial charge in [-0.05, 0) is 59.5 Å². The van der Waals surface area contributed by atoms with Gasteiger partial charge in [-0.3, -0.25) is 4.79 Å². The first-order valence-electron chi connectivity index (χ1n) is 7.91. The maximum Gasteiger partial charge on any atom is 0.339 e. The predicted molar refractivity (Wildman–Crippen MR) is 96.8 cm³/mol. The predicted octanol–water partition coefficient (Wildman–Crippen LogP) is 3.88. The van der Waals surface area contributed by atoms with Crippen molar-refractivity contribution in [2.75, 3.05) is 6.61 Å². The number of halogens is 2. The minimum Gasteiger partial charge on any atom is -0.452 e. The molecule has 2 aromatic rings. The molecule has 0 bridgehead atoms. The van der Waals surface area contributed by atoms with E-state index in [4.69, 9.17) is 4.74 Å². The summed E-state index contributed by atoms with van der Waals surface area (Å²) in [5.41, 5.74) is 1.38. The summed E-state index contributed by atoms with van der Waals surface area (Å²) >= 11 is 3.10. The summed E-state index contributed by atoms with van der Waals surface area (Å²) in [6.45, 7) is 1.53. The molecule has 0 heterocycles. The van der Waals surface area contributed by atoms with Gasteiger partial charge in [0.2, 0.25) is 0 Å². The fourth-order valence-electron chi connectivity index (χ4n) is 2.28. The Morgan fingerprint density at radius 2 is 1.92 bits per heavy atom. The van der Waals surface area contributed by atoms with Crippen molar-refractivity contribution >= 4 is 27.8 Å². The molecule has 1 amide bonds. The van der Waals surface area contributed by atoms with Crippen LogP contribution in [0.2, 0.25) is 0 Å². The molecule has 2 aromatic carbocycles. The van der Waals surface area contributed by atoms with Gasteiger partial charge < -0.3 is 10.1 Å². The molecule has 0 aliphatic rings. The Bertz CT molecular complexity index is 737. The number of aryl methyl sites for hydroxylation is 1. The molecular formula is C19H19BrFNO3. The minimum atomic E-state index is -0.682. The van der Waals surface area contributed by atoms with Gasteiger partial charge in [0.15, 0.2) is 6.61 Å². The highest BCUT2D eigenvalue weighted by atomic mass is 79.9. The van der Waals surface area contributed by atoms with Crippen LogP contribution in [0.4, 0.5) is 4.39 Å². The van der Waals surface area contributed by atoms with Gasteiger partial charge in [-0.25, -0.2) is 9.18 Å². The van der Waals surface area contributed by atoms with E-state index in [-0.39, 0.29) is 28.6 Å². The van der Waals surface area contributed by atoms with E-state index in [1.165, 1.54) is 17.7 Å². The second-order valence-electron chi connectivity index (χ2n) is 5.69. The molecule has 25 heavy (non-hydrogen) atoms. The molecule has 132 valence electrons. The summed E-state index contributed by atoms with van der Waals surface area (Å²) in [4.78, 5) is 23.8. The molecular weight excluding hydrogens is 389 g/mol. The van der Waals surface area contributed by atoms with Gasteiger partial charge in [-0.2, -0.15) is 0 Å². The molecule has 0 aromatic heterocycles. The third-order valence-electron chi connectivity index (χ3n) is 3.60. The van der Waals surface area contributed by atoms with E-state index in [0.717, 1.165) is 18.9 Å². The Morgan fingerprint density at radius 1 is 1.20 bits per heavy atom. The third-order valence-corrected chi connectivity index (χ3v) is 4.26. The summed E-state index contributed by atoms with van der Waals surface area (Å²) in [5.74, 6) is -1.51. The number of carbonyl (C=O) groups excluding carboxylic acids is 2. The van der Waals surface area contributed by atoms with Gasteiger partial charge in [-0.15, -0.1) is 0 Å². The molecule has 0 aliphatic carbocycles. The van der Waals surface area contributed by atoms with Crippen LogP contribution in [-0.4, -0.2) is 24.5 Å². The van der Waals surface area contributed by atoms with E-state index in [1.54, 1.807) is 0 Å². The lowest BCUT2D eigenvalue weighted by Crippen LogP contribution is -2.36. The van der Waals surface area contributed by atoms with Crippen LogP contribution in [0.25, 0.3) is 0 Å². The second-order valence-corrected chi connectivity index (χ2v) is 6.55. The number of carbonyl (C=O) groups is 2. The van der Waals surface area contributed by atoms with E-state index < -0.39 is 11.8 Å². The Labute approximate surface area is 154 Å². The molecule has 4 nitrogen and oxygen atoms in total. The van der Waals surface area contributed by atoms with Crippen molar-refractivity contribution in [3.8, 4) is 0 Å². The van der Waals surface area contributed by atoms with Crippen molar-refractivity contribution in [1.29, 1.82) is 0 Å². The van der Waals surface area contributed by atoms with E-state index in [2.05, 4.69) is 21.2 Å². The Hall–Kier alpha value is -2.21. The first-order chi connectivity index (χ1) is 12.0. The third kappa shape index (κ3) is 6.31. The van der Waals surface area contributed by atoms with Gasteiger partial charge in [-0.1, -0.05) is 30.3 Å². The fourth-order valence-corrected chi connectivity index (χ4v) is 2.79. The topological polar surface area (TPSA) is 55.4 Å². The van der Waals surface area contributed by atoms with Crippen LogP contribution in [0, 0.1) is 5.82 Å². The van der Waals surface area contributed by atoms with E-state index >= 15 is 0 Å². The molecule has 2 rings (SSSR count). The van der Waals surface area contributed by atoms with Crippen molar-refractivity contribution in [3.63, 3.8) is 0 Å². The summed E-state index contributed by atoms with van der Waals surface area (Å²) in [6.07, 6.45) is 1.64. The molecule has 0 saturated carbocycles. The average molecular weight is 408 g/mol. The molecule has 0 unspecified atom stereocenters. The second kappa shape index (κ2) is 9.32. The number of hydrogen-bond donors (Lipinski definition) is 1. The Kier molecular flexibility index (Phi) is 7.13. The van der Waals surface area contributed by atoms with E-state index in [0.29, 0.717) is 0 Å². The molecule has 1 N–H and O–H groups in total. The van der Waals surface area contributed by atoms with Crippen molar-refractivity contribution in [2.45, 2.75) is 25.8 Å². The number of esters is 1. The van der Waals surface area contributed by atoms with Crippen LogP contribution < -0.4 is 5.32 Å². The maximum atomic E-state index is 13.0. The van der Waals surface area contributed by atoms with Crippen molar-refractivity contribution in [3.05, 3.63) is 69.9 Å². The summed E-state index contributed by atoms with van der Waals surface area (Å²) in [7, 11) is 0. The lowest BCUT2D eigenvalue weighted by atomic mass is 10.1. The normalized spacial score (nSPS) is 11.6. The monoisotopic (exact) mass is 407 g/mol. The molecule has 0 aliphatic heterocycles. The molecule has 0 fully saturated rings. The highest BCUT2D eigenvalue weighted by Crippen LogP contribution is 2.18. The number of hydrogen-bond acceptors (Lipinski definition) is 3. The highest BCUT2D eigenvalue weighted by Gasteiger charge is 2.15. The van der Waals surface area contributed by atoms with Gasteiger partial charge in [0.05, 0.1) is 5.56 Å². The summed E-state index contributed by atoms with van der Waals surface area (Å²) in [5, 5.41) is 2.79. The smallest absolute Gasteiger partial charge is 0.339 e. The lowest BCUT2D eigenvalue weighted by Gasteiger charge is -2.14. The van der Waals surface area contributed by atoms with Crippen LogP contribution in [0.15, 0.2) is 53.0 Å². The fraction of sp³-hybridized carbons (Fsp3) is 0.263. The highest BCUT2D eigenvalue weighted by molar-refractivity contribution is 9.10. The molecule has 0 radical (unpaired) electrons. The van der Waals surface area contributed by atoms with Gasteiger partial charge in [0.25, 0.3) is 5.91 Å². The van der Waals surface area contributed by atoms with Crippen LogP contribution in [0.3, 0.4) is 0 Å². The summed E-state index contributed by atoms with van der Waals surface area (Å²) in [6, 6.07) is 13.6. The standard InChI is InChI=1S/C19H19BrFNO3/c1-13(7-8-14-5-3-2-4-6-14)22-18(23)12-25-19(24)16-10-9-15(21)11-17(16)20/h2-6,9-11,13H,7-8,12H2,1H3,(H,22,23)/t13-/m0/s1. The zero-order chi connectivity index (χ0) is 18.2. The van der Waals surface area contributed by atoms with Gasteiger partial charge in [0, 0.05) is 10.5 Å². The zero-order valence-corrected chi connectivity index (χ0v) is 15.4. The number of rotatable bonds is 7. The minimum absolute atomic E-state index is 0.0380. The van der Waals surface area contributed by atoms with Crippen molar-refractivity contribution < 1.29 is 18.7 Å². The summed E-state index contributed by atoms with van der Waals surface area (Å²) < 4.78 is 18.3. The number of benzene rings is 2. The average Bonchev–Trinajstić information content (AvgIpc) is 2.59. The molecule has 6 heteroatoms. The zero-order valence-electron chi connectivity index (χ0n) is 13.8. The van der Waals surface area contributed by atoms with E-state index in [1.807, 2.05) is 37.3 Å². The Balaban J connectivity index is 1.75. The van der Waals surface area contributed by atoms with Crippen molar-refractivity contribution in [1.82, 2.24) is 5.32 Å². The van der Waals surface area contributed by atoms with Crippen LogP contribution >= 0.6 is 15.9 Å². The number of amides is 1. The molecule has 0 spiro atoms. The van der Waals surface area contributed by atoms with Crippen LogP contribution in [-0.2, 0) is 16.0 Å². The van der Waals surface area contributed by atoms with Crippen molar-refractivity contribution in [2.24, 2.45) is 0 Å². The van der Waals surface area contributed by atoms with Crippen LogP contribution in [0.1, 0.15) is 29.3 Å². The lowest BCUT2D eigenvalue weighted by molar-refractivity contribution is -0.124. The van der Waals surface area contributed by atoms with Crippen LogP contribution in [0.5, 0.6) is 0 Å². The first kappa shape index (κ1) is 19.1. The SMILES string of the molecule is C[C@@H](CCc1ccccc1)NC(=O)COC(=O)c1ccc(F)cc1Br. The Morgan fingerprint density at radius 3 is 2.60 bits per heavy atom. The molecule has 0 saturated heterocycles. The number of nitrogens with one attached hydrogen (secondary N) is 1. The maximum absolute atomic E-state index is 13.0.